The summed E-state index contributed by atoms with van der Waals surface area (Å²) in [4.78, 5) is 24.3. The molecule has 0 spiro atoms. The van der Waals surface area contributed by atoms with Gasteiger partial charge in [-0.3, -0.25) is 19.4 Å². The van der Waals surface area contributed by atoms with Gasteiger partial charge in [-0.25, -0.2) is 0 Å². The van der Waals surface area contributed by atoms with E-state index >= 15 is 0 Å². The highest BCUT2D eigenvalue weighted by molar-refractivity contribution is 14.0. The van der Waals surface area contributed by atoms with Crippen molar-refractivity contribution >= 4 is 35.8 Å². The quantitative estimate of drug-likeness (QED) is 0.336. The zero-order valence-electron chi connectivity index (χ0n) is 19.9. The van der Waals surface area contributed by atoms with E-state index in [0.717, 1.165) is 83.3 Å². The third kappa shape index (κ3) is 6.34. The highest BCUT2D eigenvalue weighted by Crippen LogP contribution is 2.15. The number of hydrogen-bond donors (Lipinski definition) is 1. The van der Waals surface area contributed by atoms with Crippen molar-refractivity contribution in [3.05, 3.63) is 17.0 Å². The minimum atomic E-state index is -0.0266. The lowest BCUT2D eigenvalue weighted by Gasteiger charge is -2.39. The Morgan fingerprint density at radius 3 is 2.29 bits per heavy atom. The summed E-state index contributed by atoms with van der Waals surface area (Å²) in [5.41, 5.74) is 3.62. The number of aliphatic imine (C=N–C) groups is 1. The Morgan fingerprint density at radius 1 is 1.10 bits per heavy atom. The van der Waals surface area contributed by atoms with E-state index in [1.165, 1.54) is 11.3 Å². The van der Waals surface area contributed by atoms with Crippen molar-refractivity contribution in [1.29, 1.82) is 0 Å². The summed E-state index contributed by atoms with van der Waals surface area (Å²) < 4.78 is 1.95. The van der Waals surface area contributed by atoms with Gasteiger partial charge >= 0.3 is 0 Å². The van der Waals surface area contributed by atoms with Crippen molar-refractivity contribution in [2.75, 3.05) is 52.4 Å². The molecule has 2 fully saturated rings. The number of hydrogen-bond acceptors (Lipinski definition) is 4. The smallest absolute Gasteiger partial charge is 0.239 e. The Bertz CT molecular complexity index is 749. The van der Waals surface area contributed by atoms with Gasteiger partial charge in [0.05, 0.1) is 11.7 Å². The van der Waals surface area contributed by atoms with E-state index in [1.54, 1.807) is 0 Å². The van der Waals surface area contributed by atoms with Crippen LogP contribution in [0.4, 0.5) is 0 Å². The first-order valence-corrected chi connectivity index (χ1v) is 11.5. The van der Waals surface area contributed by atoms with Crippen molar-refractivity contribution < 1.29 is 4.79 Å². The fourth-order valence-electron chi connectivity index (χ4n) is 4.56. The fourth-order valence-corrected chi connectivity index (χ4v) is 4.56. The Labute approximate surface area is 204 Å². The summed E-state index contributed by atoms with van der Waals surface area (Å²) in [5, 5.41) is 7.95. The molecule has 0 aromatic carbocycles. The van der Waals surface area contributed by atoms with E-state index in [4.69, 9.17) is 4.99 Å². The molecule has 176 valence electrons. The van der Waals surface area contributed by atoms with E-state index in [0.29, 0.717) is 5.91 Å². The fraction of sp³-hybridized carbons (Fsp3) is 0.773. The first-order chi connectivity index (χ1) is 14.4. The summed E-state index contributed by atoms with van der Waals surface area (Å²) in [6, 6.07) is -0.0266. The molecule has 1 unspecified atom stereocenters. The van der Waals surface area contributed by atoms with E-state index in [1.807, 2.05) is 16.6 Å². The maximum Gasteiger partial charge on any atom is 0.239 e. The molecule has 2 aliphatic heterocycles. The van der Waals surface area contributed by atoms with Crippen LogP contribution in [0.3, 0.4) is 0 Å². The SMILES string of the molecule is CCNC(=NCCc1c(C)nn(C)c1C)N1CCN(C(C)C(=O)N2CCCC2)CC1.I. The molecule has 1 N–H and O–H groups in total. The highest BCUT2D eigenvalue weighted by atomic mass is 127. The molecular formula is C22H40IN7O. The number of carbonyl (C=O) groups is 1. The number of likely N-dealkylation sites (tertiary alicyclic amines) is 1. The topological polar surface area (TPSA) is 69.0 Å². The Hall–Kier alpha value is -1.36. The van der Waals surface area contributed by atoms with Crippen LogP contribution in [0.15, 0.2) is 4.99 Å². The second-order valence-corrected chi connectivity index (χ2v) is 8.49. The minimum Gasteiger partial charge on any atom is -0.357 e. The van der Waals surface area contributed by atoms with Crippen molar-refractivity contribution in [3.8, 4) is 0 Å². The predicted octanol–water partition coefficient (Wildman–Crippen LogP) is 1.79. The van der Waals surface area contributed by atoms with Gasteiger partial charge in [-0.05, 0) is 52.5 Å². The second kappa shape index (κ2) is 12.0. The molecule has 1 amide bonds. The molecule has 31 heavy (non-hydrogen) atoms. The van der Waals surface area contributed by atoms with Gasteiger partial charge < -0.3 is 15.1 Å². The molecule has 0 radical (unpaired) electrons. The lowest BCUT2D eigenvalue weighted by atomic mass is 10.1. The summed E-state index contributed by atoms with van der Waals surface area (Å²) in [7, 11) is 1.99. The second-order valence-electron chi connectivity index (χ2n) is 8.49. The number of guanidine groups is 1. The standard InChI is InChI=1S/C22H39N7O.HI/c1-6-23-22(24-10-9-20-17(2)25-26(5)18(20)3)29-15-13-27(14-16-29)19(4)21(30)28-11-7-8-12-28;/h19H,6-16H2,1-5H3,(H,23,24);1H. The number of aromatic nitrogens is 2. The number of halogens is 1. The molecule has 0 aliphatic carbocycles. The average Bonchev–Trinajstić information content (AvgIpc) is 3.36. The Kier molecular flexibility index (Phi) is 10.1. The molecule has 3 heterocycles. The molecule has 3 rings (SSSR count). The number of nitrogens with one attached hydrogen (secondary N) is 1. The number of carbonyl (C=O) groups excluding carboxylic acids is 1. The van der Waals surface area contributed by atoms with Crippen LogP contribution in [0, 0.1) is 13.8 Å². The lowest BCUT2D eigenvalue weighted by molar-refractivity contribution is -0.135. The third-order valence-corrected chi connectivity index (χ3v) is 6.55. The molecule has 1 atom stereocenters. The van der Waals surface area contributed by atoms with Gasteiger partial charge in [0.25, 0.3) is 0 Å². The zero-order chi connectivity index (χ0) is 21.7. The predicted molar refractivity (Wildman–Crippen MR) is 136 cm³/mol. The summed E-state index contributed by atoms with van der Waals surface area (Å²) >= 11 is 0. The van der Waals surface area contributed by atoms with Crippen LogP contribution in [-0.4, -0.2) is 94.7 Å². The Morgan fingerprint density at radius 2 is 1.74 bits per heavy atom. The van der Waals surface area contributed by atoms with Gasteiger partial charge in [0.1, 0.15) is 0 Å². The molecular weight excluding hydrogens is 505 g/mol. The average molecular weight is 546 g/mol. The number of aryl methyl sites for hydroxylation is 2. The van der Waals surface area contributed by atoms with E-state index < -0.39 is 0 Å². The van der Waals surface area contributed by atoms with Crippen LogP contribution in [0.5, 0.6) is 0 Å². The molecule has 1 aromatic rings. The van der Waals surface area contributed by atoms with Crippen LogP contribution in [0.1, 0.15) is 43.6 Å². The first-order valence-electron chi connectivity index (χ1n) is 11.5. The number of rotatable bonds is 6. The monoisotopic (exact) mass is 545 g/mol. The molecule has 8 nitrogen and oxygen atoms in total. The van der Waals surface area contributed by atoms with E-state index in [9.17, 15) is 4.79 Å². The van der Waals surface area contributed by atoms with Crippen LogP contribution in [0.25, 0.3) is 0 Å². The maximum absolute atomic E-state index is 12.7. The number of piperazine rings is 1. The van der Waals surface area contributed by atoms with Crippen molar-refractivity contribution in [1.82, 2.24) is 29.8 Å². The number of nitrogens with zero attached hydrogens (tertiary/aromatic N) is 6. The summed E-state index contributed by atoms with van der Waals surface area (Å²) in [6.45, 7) is 15.4. The highest BCUT2D eigenvalue weighted by Gasteiger charge is 2.30. The molecule has 0 bridgehead atoms. The van der Waals surface area contributed by atoms with Crippen molar-refractivity contribution in [3.63, 3.8) is 0 Å². The molecule has 0 saturated carbocycles. The van der Waals surface area contributed by atoms with E-state index in [-0.39, 0.29) is 30.0 Å². The van der Waals surface area contributed by atoms with Gasteiger partial charge in [-0.15, -0.1) is 24.0 Å². The Balaban J connectivity index is 0.00000341. The van der Waals surface area contributed by atoms with Crippen LogP contribution < -0.4 is 5.32 Å². The summed E-state index contributed by atoms with van der Waals surface area (Å²) in [5.74, 6) is 1.28. The van der Waals surface area contributed by atoms with Crippen molar-refractivity contribution in [2.24, 2.45) is 12.0 Å². The minimum absolute atomic E-state index is 0. The van der Waals surface area contributed by atoms with Crippen LogP contribution in [0.2, 0.25) is 0 Å². The first kappa shape index (κ1) is 25.9. The normalized spacial score (nSPS) is 18.8. The maximum atomic E-state index is 12.7. The molecule has 2 aliphatic rings. The third-order valence-electron chi connectivity index (χ3n) is 6.55. The zero-order valence-corrected chi connectivity index (χ0v) is 22.2. The van der Waals surface area contributed by atoms with Gasteiger partial charge in [0.2, 0.25) is 5.91 Å². The van der Waals surface area contributed by atoms with Gasteiger partial charge in [0.15, 0.2) is 5.96 Å². The van der Waals surface area contributed by atoms with E-state index in [2.05, 4.69) is 47.9 Å². The van der Waals surface area contributed by atoms with Gasteiger partial charge in [0, 0.05) is 65.1 Å². The van der Waals surface area contributed by atoms with Crippen LogP contribution in [-0.2, 0) is 18.3 Å². The van der Waals surface area contributed by atoms with Crippen molar-refractivity contribution in [2.45, 2.75) is 53.0 Å². The van der Waals surface area contributed by atoms with Crippen LogP contribution >= 0.6 is 24.0 Å². The van der Waals surface area contributed by atoms with Gasteiger partial charge in [-0.1, -0.05) is 0 Å². The van der Waals surface area contributed by atoms with Gasteiger partial charge in [-0.2, -0.15) is 5.10 Å². The lowest BCUT2D eigenvalue weighted by Crippen LogP contribution is -2.57. The molecule has 2 saturated heterocycles. The largest absolute Gasteiger partial charge is 0.357 e. The molecule has 9 heteroatoms. The number of amides is 1. The summed E-state index contributed by atoms with van der Waals surface area (Å²) in [6.07, 6.45) is 3.20. The molecule has 1 aromatic heterocycles.